The zero-order valence-electron chi connectivity index (χ0n) is 10.4. The van der Waals surface area contributed by atoms with Gasteiger partial charge in [0.1, 0.15) is 6.10 Å². The molecule has 0 heterocycles. The van der Waals surface area contributed by atoms with E-state index in [1.807, 2.05) is 32.8 Å². The molecule has 0 saturated heterocycles. The standard InChI is InChI=1S/C10H20N4O2/c1-10(2,7-12-13-11)9(16-8-15)5-6-14(3)4/h8-9H,5-7H2,1-4H3. The van der Waals surface area contributed by atoms with Gasteiger partial charge in [0.25, 0.3) is 6.47 Å². The second-order valence-corrected chi connectivity index (χ2v) is 4.69. The van der Waals surface area contributed by atoms with E-state index in [4.69, 9.17) is 10.3 Å². The average molecular weight is 228 g/mol. The molecule has 1 unspecified atom stereocenters. The molecule has 0 aromatic carbocycles. The first-order valence-electron chi connectivity index (χ1n) is 5.18. The normalized spacial score (nSPS) is 13.1. The Morgan fingerprint density at radius 3 is 2.62 bits per heavy atom. The van der Waals surface area contributed by atoms with Gasteiger partial charge in [-0.1, -0.05) is 19.0 Å². The Morgan fingerprint density at radius 1 is 1.56 bits per heavy atom. The Kier molecular flexibility index (Phi) is 6.53. The SMILES string of the molecule is CN(C)CCC(OC=O)C(C)(C)CN=[N+]=[N-]. The summed E-state index contributed by atoms with van der Waals surface area (Å²) in [5.74, 6) is 0. The van der Waals surface area contributed by atoms with Crippen molar-refractivity contribution in [3.8, 4) is 0 Å². The highest BCUT2D eigenvalue weighted by Gasteiger charge is 2.30. The molecule has 6 heteroatoms. The molecule has 0 spiro atoms. The summed E-state index contributed by atoms with van der Waals surface area (Å²) < 4.78 is 5.06. The van der Waals surface area contributed by atoms with Gasteiger partial charge in [0.05, 0.1) is 0 Å². The summed E-state index contributed by atoms with van der Waals surface area (Å²) in [6.07, 6.45) is 0.484. The summed E-state index contributed by atoms with van der Waals surface area (Å²) >= 11 is 0. The Balaban J connectivity index is 4.46. The highest BCUT2D eigenvalue weighted by molar-refractivity contribution is 5.37. The van der Waals surface area contributed by atoms with E-state index in [0.29, 0.717) is 13.0 Å². The molecule has 0 aliphatic rings. The van der Waals surface area contributed by atoms with Gasteiger partial charge in [-0.2, -0.15) is 0 Å². The fourth-order valence-corrected chi connectivity index (χ4v) is 1.40. The van der Waals surface area contributed by atoms with Crippen LogP contribution in [0.3, 0.4) is 0 Å². The van der Waals surface area contributed by atoms with Crippen LogP contribution >= 0.6 is 0 Å². The van der Waals surface area contributed by atoms with Crippen LogP contribution in [0, 0.1) is 5.41 Å². The quantitative estimate of drug-likeness (QED) is 0.275. The average Bonchev–Trinajstić information content (AvgIpc) is 2.20. The molecule has 6 nitrogen and oxygen atoms in total. The zero-order chi connectivity index (χ0) is 12.6. The summed E-state index contributed by atoms with van der Waals surface area (Å²) in [5, 5.41) is 3.54. The van der Waals surface area contributed by atoms with Crippen molar-refractivity contribution >= 4 is 6.47 Å². The van der Waals surface area contributed by atoms with Crippen LogP contribution in [0.5, 0.6) is 0 Å². The van der Waals surface area contributed by atoms with Crippen molar-refractivity contribution < 1.29 is 9.53 Å². The van der Waals surface area contributed by atoms with Crippen molar-refractivity contribution in [3.63, 3.8) is 0 Å². The summed E-state index contributed by atoms with van der Waals surface area (Å²) in [7, 11) is 3.91. The van der Waals surface area contributed by atoms with E-state index in [2.05, 4.69) is 10.0 Å². The van der Waals surface area contributed by atoms with Crippen molar-refractivity contribution in [2.45, 2.75) is 26.4 Å². The molecule has 0 aromatic heterocycles. The van der Waals surface area contributed by atoms with Crippen LogP contribution < -0.4 is 0 Å². The minimum absolute atomic E-state index is 0.238. The fraction of sp³-hybridized carbons (Fsp3) is 0.900. The molecular weight excluding hydrogens is 208 g/mol. The topological polar surface area (TPSA) is 78.3 Å². The molecule has 0 N–H and O–H groups in total. The molecule has 0 aliphatic carbocycles. The number of rotatable bonds is 8. The lowest BCUT2D eigenvalue weighted by Gasteiger charge is -2.32. The molecule has 0 saturated carbocycles. The molecule has 0 bridgehead atoms. The number of hydrogen-bond donors (Lipinski definition) is 0. The zero-order valence-corrected chi connectivity index (χ0v) is 10.4. The van der Waals surface area contributed by atoms with Crippen LogP contribution in [-0.4, -0.2) is 44.7 Å². The van der Waals surface area contributed by atoms with E-state index in [1.165, 1.54) is 0 Å². The van der Waals surface area contributed by atoms with E-state index in [9.17, 15) is 4.79 Å². The van der Waals surface area contributed by atoms with Crippen LogP contribution in [0.1, 0.15) is 20.3 Å². The van der Waals surface area contributed by atoms with Crippen molar-refractivity contribution in [1.82, 2.24) is 4.90 Å². The molecule has 0 rings (SSSR count). The molecule has 0 aromatic rings. The number of ether oxygens (including phenoxy) is 1. The van der Waals surface area contributed by atoms with Crippen LogP contribution in [0.25, 0.3) is 10.4 Å². The van der Waals surface area contributed by atoms with Gasteiger partial charge in [-0.3, -0.25) is 4.79 Å². The summed E-state index contributed by atoms with van der Waals surface area (Å²) in [6.45, 7) is 5.43. The van der Waals surface area contributed by atoms with Crippen molar-refractivity contribution in [3.05, 3.63) is 10.4 Å². The van der Waals surface area contributed by atoms with Crippen LogP contribution in [0.4, 0.5) is 0 Å². The van der Waals surface area contributed by atoms with Gasteiger partial charge in [-0.05, 0) is 26.0 Å². The monoisotopic (exact) mass is 228 g/mol. The first kappa shape index (κ1) is 14.7. The van der Waals surface area contributed by atoms with E-state index in [-0.39, 0.29) is 11.5 Å². The van der Waals surface area contributed by atoms with Gasteiger partial charge in [0.15, 0.2) is 0 Å². The lowest BCUT2D eigenvalue weighted by Crippen LogP contribution is -2.36. The van der Waals surface area contributed by atoms with Gasteiger partial charge in [0.2, 0.25) is 0 Å². The van der Waals surface area contributed by atoms with Crippen molar-refractivity contribution in [2.24, 2.45) is 10.5 Å². The van der Waals surface area contributed by atoms with Crippen molar-refractivity contribution in [1.29, 1.82) is 0 Å². The van der Waals surface area contributed by atoms with E-state index in [0.717, 1.165) is 13.0 Å². The minimum Gasteiger partial charge on any atom is -0.464 e. The molecule has 0 fully saturated rings. The van der Waals surface area contributed by atoms with Gasteiger partial charge >= 0.3 is 0 Å². The van der Waals surface area contributed by atoms with Crippen LogP contribution in [-0.2, 0) is 9.53 Å². The highest BCUT2D eigenvalue weighted by Crippen LogP contribution is 2.26. The van der Waals surface area contributed by atoms with Crippen LogP contribution in [0.15, 0.2) is 5.11 Å². The predicted octanol–water partition coefficient (Wildman–Crippen LogP) is 1.82. The molecule has 0 radical (unpaired) electrons. The third-order valence-electron chi connectivity index (χ3n) is 2.47. The fourth-order valence-electron chi connectivity index (χ4n) is 1.40. The molecule has 16 heavy (non-hydrogen) atoms. The largest absolute Gasteiger partial charge is 0.464 e. The number of hydrogen-bond acceptors (Lipinski definition) is 4. The highest BCUT2D eigenvalue weighted by atomic mass is 16.5. The number of nitrogens with zero attached hydrogens (tertiary/aromatic N) is 4. The Labute approximate surface area is 96.2 Å². The maximum atomic E-state index is 10.4. The Hall–Kier alpha value is -1.26. The number of azide groups is 1. The van der Waals surface area contributed by atoms with Gasteiger partial charge in [-0.25, -0.2) is 0 Å². The molecule has 0 amide bonds. The maximum absolute atomic E-state index is 10.4. The van der Waals surface area contributed by atoms with E-state index < -0.39 is 0 Å². The van der Waals surface area contributed by atoms with Gasteiger partial charge < -0.3 is 9.64 Å². The van der Waals surface area contributed by atoms with Gasteiger partial charge in [0, 0.05) is 23.4 Å². The second kappa shape index (κ2) is 7.09. The van der Waals surface area contributed by atoms with Crippen molar-refractivity contribution in [2.75, 3.05) is 27.2 Å². The lowest BCUT2D eigenvalue weighted by atomic mass is 9.84. The number of carbonyl (C=O) groups is 1. The first-order chi connectivity index (χ1) is 7.44. The Morgan fingerprint density at radius 2 is 2.19 bits per heavy atom. The molecule has 0 aliphatic heterocycles. The van der Waals surface area contributed by atoms with Crippen LogP contribution in [0.2, 0.25) is 0 Å². The summed E-state index contributed by atoms with van der Waals surface area (Å²) in [4.78, 5) is 15.2. The third kappa shape index (κ3) is 5.58. The first-order valence-corrected chi connectivity index (χ1v) is 5.18. The minimum atomic E-state index is -0.344. The third-order valence-corrected chi connectivity index (χ3v) is 2.47. The Bertz CT molecular complexity index is 260. The predicted molar refractivity (Wildman–Crippen MR) is 61.9 cm³/mol. The lowest BCUT2D eigenvalue weighted by molar-refractivity contribution is -0.139. The van der Waals surface area contributed by atoms with Gasteiger partial charge in [-0.15, -0.1) is 0 Å². The molecular formula is C10H20N4O2. The molecule has 92 valence electrons. The summed E-state index contributed by atoms with van der Waals surface area (Å²) in [5.41, 5.74) is 7.96. The smallest absolute Gasteiger partial charge is 0.293 e. The van der Waals surface area contributed by atoms with E-state index in [1.54, 1.807) is 0 Å². The van der Waals surface area contributed by atoms with E-state index >= 15 is 0 Å². The molecule has 1 atom stereocenters. The summed E-state index contributed by atoms with van der Waals surface area (Å²) in [6, 6.07) is 0. The second-order valence-electron chi connectivity index (χ2n) is 4.69. The maximum Gasteiger partial charge on any atom is 0.293 e. The number of carbonyl (C=O) groups excluding carboxylic acids is 1.